The Morgan fingerprint density at radius 3 is 2.14 bits per heavy atom. The molecule has 0 N–H and O–H groups in total. The summed E-state index contributed by atoms with van der Waals surface area (Å²) >= 11 is 1.43. The SMILES string of the molecule is C=CC1CC1(Sc1ccccc1)S(=O)(=O)c1ccccc1. The summed E-state index contributed by atoms with van der Waals surface area (Å²) in [6, 6.07) is 18.4. The van der Waals surface area contributed by atoms with Crippen molar-refractivity contribution in [3.63, 3.8) is 0 Å². The van der Waals surface area contributed by atoms with E-state index in [-0.39, 0.29) is 5.92 Å². The quantitative estimate of drug-likeness (QED) is 0.777. The Morgan fingerprint density at radius 2 is 1.62 bits per heavy atom. The Balaban J connectivity index is 2.01. The Morgan fingerprint density at radius 1 is 1.05 bits per heavy atom. The molecule has 1 aliphatic carbocycles. The molecule has 0 spiro atoms. The number of sulfone groups is 1. The van der Waals surface area contributed by atoms with E-state index in [0.717, 1.165) is 4.90 Å². The third kappa shape index (κ3) is 2.43. The average Bonchev–Trinajstić information content (AvgIpc) is 3.24. The first-order valence-electron chi connectivity index (χ1n) is 6.76. The van der Waals surface area contributed by atoms with Crippen molar-refractivity contribution in [2.75, 3.05) is 0 Å². The maximum absolute atomic E-state index is 13.0. The average molecular weight is 316 g/mol. The van der Waals surface area contributed by atoms with E-state index in [0.29, 0.717) is 11.3 Å². The normalized spacial score (nSPS) is 24.5. The van der Waals surface area contributed by atoms with Gasteiger partial charge >= 0.3 is 0 Å². The van der Waals surface area contributed by atoms with E-state index in [1.54, 1.807) is 30.3 Å². The van der Waals surface area contributed by atoms with Crippen molar-refractivity contribution < 1.29 is 8.42 Å². The van der Waals surface area contributed by atoms with Crippen LogP contribution in [-0.4, -0.2) is 12.5 Å². The molecular formula is C17H16O2S2. The van der Waals surface area contributed by atoms with Crippen LogP contribution < -0.4 is 0 Å². The van der Waals surface area contributed by atoms with E-state index in [9.17, 15) is 8.42 Å². The molecule has 2 nitrogen and oxygen atoms in total. The lowest BCUT2D eigenvalue weighted by atomic mass is 10.4. The van der Waals surface area contributed by atoms with Gasteiger partial charge in [-0.1, -0.05) is 42.5 Å². The van der Waals surface area contributed by atoms with Gasteiger partial charge in [0.25, 0.3) is 0 Å². The second-order valence-corrected chi connectivity index (χ2v) is 8.96. The molecule has 0 bridgehead atoms. The fourth-order valence-electron chi connectivity index (χ4n) is 2.48. The summed E-state index contributed by atoms with van der Waals surface area (Å²) in [5.74, 6) is -0.00656. The summed E-state index contributed by atoms with van der Waals surface area (Å²) in [4.78, 5) is 1.36. The van der Waals surface area contributed by atoms with Gasteiger partial charge in [0.05, 0.1) is 4.90 Å². The van der Waals surface area contributed by atoms with Crippen molar-refractivity contribution in [2.24, 2.45) is 5.92 Å². The number of thioether (sulfide) groups is 1. The van der Waals surface area contributed by atoms with Gasteiger partial charge in [0.2, 0.25) is 0 Å². The van der Waals surface area contributed by atoms with Crippen molar-refractivity contribution in [3.05, 3.63) is 73.3 Å². The second-order valence-electron chi connectivity index (χ2n) is 5.09. The van der Waals surface area contributed by atoms with Gasteiger partial charge in [0.15, 0.2) is 9.84 Å². The molecule has 0 heterocycles. The molecular weight excluding hydrogens is 300 g/mol. The largest absolute Gasteiger partial charge is 0.222 e. The molecule has 21 heavy (non-hydrogen) atoms. The van der Waals surface area contributed by atoms with Crippen molar-refractivity contribution in [1.29, 1.82) is 0 Å². The topological polar surface area (TPSA) is 34.1 Å². The van der Waals surface area contributed by atoms with Crippen LogP contribution >= 0.6 is 11.8 Å². The van der Waals surface area contributed by atoms with E-state index in [1.165, 1.54) is 11.8 Å². The highest BCUT2D eigenvalue weighted by Gasteiger charge is 2.63. The molecule has 0 amide bonds. The molecule has 108 valence electrons. The summed E-state index contributed by atoms with van der Waals surface area (Å²) in [5, 5.41) is 0. The van der Waals surface area contributed by atoms with Gasteiger partial charge in [0.1, 0.15) is 4.08 Å². The van der Waals surface area contributed by atoms with Crippen molar-refractivity contribution in [2.45, 2.75) is 20.3 Å². The van der Waals surface area contributed by atoms with Crippen LogP contribution in [0.4, 0.5) is 0 Å². The van der Waals surface area contributed by atoms with Crippen LogP contribution in [0.2, 0.25) is 0 Å². The second kappa shape index (κ2) is 5.35. The third-order valence-electron chi connectivity index (χ3n) is 3.74. The molecule has 0 radical (unpaired) electrons. The predicted octanol–water partition coefficient (Wildman–Crippen LogP) is 4.15. The molecule has 4 heteroatoms. The zero-order chi connectivity index (χ0) is 14.9. The molecule has 2 aromatic rings. The summed E-state index contributed by atoms with van der Waals surface area (Å²) in [5.41, 5.74) is 0. The van der Waals surface area contributed by atoms with E-state index < -0.39 is 13.9 Å². The van der Waals surface area contributed by atoms with Crippen LogP contribution in [-0.2, 0) is 9.84 Å². The Labute approximate surface area is 129 Å². The first-order chi connectivity index (χ1) is 10.1. The fourth-order valence-corrected chi connectivity index (χ4v) is 6.51. The minimum atomic E-state index is -3.40. The van der Waals surface area contributed by atoms with Gasteiger partial charge in [-0.3, -0.25) is 0 Å². The highest BCUT2D eigenvalue weighted by Crippen LogP contribution is 2.62. The summed E-state index contributed by atoms with van der Waals surface area (Å²) in [6.45, 7) is 3.79. The van der Waals surface area contributed by atoms with E-state index in [2.05, 4.69) is 6.58 Å². The van der Waals surface area contributed by atoms with Crippen LogP contribution in [0, 0.1) is 5.92 Å². The van der Waals surface area contributed by atoms with Gasteiger partial charge in [0, 0.05) is 10.8 Å². The first-order valence-corrected chi connectivity index (χ1v) is 9.06. The first kappa shape index (κ1) is 14.4. The Bertz CT molecular complexity index is 739. The summed E-state index contributed by atoms with van der Waals surface area (Å²) in [7, 11) is -3.40. The van der Waals surface area contributed by atoms with Crippen LogP contribution in [0.1, 0.15) is 6.42 Å². The van der Waals surface area contributed by atoms with Gasteiger partial charge in [-0.05, 0) is 30.7 Å². The summed E-state index contributed by atoms with van der Waals surface area (Å²) < 4.78 is 25.2. The van der Waals surface area contributed by atoms with Crippen LogP contribution in [0.25, 0.3) is 0 Å². The lowest BCUT2D eigenvalue weighted by Crippen LogP contribution is -2.22. The standard InChI is InChI=1S/C17H16O2S2/c1-2-14-13-17(14,20-15-9-5-3-6-10-15)21(18,19)16-11-7-4-8-12-16/h2-12,14H,1,13H2. The van der Waals surface area contributed by atoms with Gasteiger partial charge in [-0.2, -0.15) is 0 Å². The Kier molecular flexibility index (Phi) is 3.68. The molecule has 2 aromatic carbocycles. The minimum absolute atomic E-state index is 0.00656. The molecule has 2 atom stereocenters. The predicted molar refractivity (Wildman–Crippen MR) is 87.0 cm³/mol. The van der Waals surface area contributed by atoms with E-state index in [1.807, 2.05) is 36.4 Å². The molecule has 2 unspecified atom stereocenters. The zero-order valence-electron chi connectivity index (χ0n) is 11.5. The van der Waals surface area contributed by atoms with Crippen LogP contribution in [0.3, 0.4) is 0 Å². The molecule has 0 aliphatic heterocycles. The highest BCUT2D eigenvalue weighted by molar-refractivity contribution is 8.15. The van der Waals surface area contributed by atoms with Gasteiger partial charge < -0.3 is 0 Å². The molecule has 1 saturated carbocycles. The molecule has 3 rings (SSSR count). The van der Waals surface area contributed by atoms with Crippen LogP contribution in [0.5, 0.6) is 0 Å². The fraction of sp³-hybridized carbons (Fsp3) is 0.176. The summed E-state index contributed by atoms with van der Waals surface area (Å²) in [6.07, 6.45) is 2.38. The van der Waals surface area contributed by atoms with Crippen molar-refractivity contribution in [1.82, 2.24) is 0 Å². The lowest BCUT2D eigenvalue weighted by molar-refractivity contribution is 0.590. The van der Waals surface area contributed by atoms with Crippen molar-refractivity contribution in [3.8, 4) is 0 Å². The number of allylic oxidation sites excluding steroid dienone is 1. The minimum Gasteiger partial charge on any atom is -0.222 e. The Hall–Kier alpha value is -1.52. The number of hydrogen-bond donors (Lipinski definition) is 0. The molecule has 0 saturated heterocycles. The highest BCUT2D eigenvalue weighted by atomic mass is 32.3. The zero-order valence-corrected chi connectivity index (χ0v) is 13.1. The lowest BCUT2D eigenvalue weighted by Gasteiger charge is -2.17. The van der Waals surface area contributed by atoms with E-state index in [4.69, 9.17) is 0 Å². The number of rotatable bonds is 5. The number of benzene rings is 2. The molecule has 0 aromatic heterocycles. The molecule has 1 fully saturated rings. The van der Waals surface area contributed by atoms with Crippen LogP contribution in [0.15, 0.2) is 83.1 Å². The maximum Gasteiger partial charge on any atom is 0.194 e. The maximum atomic E-state index is 13.0. The van der Waals surface area contributed by atoms with E-state index >= 15 is 0 Å². The van der Waals surface area contributed by atoms with Gasteiger partial charge in [-0.25, -0.2) is 8.42 Å². The monoisotopic (exact) mass is 316 g/mol. The van der Waals surface area contributed by atoms with Crippen molar-refractivity contribution >= 4 is 21.6 Å². The molecule has 1 aliphatic rings. The number of hydrogen-bond acceptors (Lipinski definition) is 3. The van der Waals surface area contributed by atoms with Gasteiger partial charge in [-0.15, -0.1) is 18.3 Å². The smallest absolute Gasteiger partial charge is 0.194 e. The third-order valence-corrected chi connectivity index (χ3v) is 8.24.